The Morgan fingerprint density at radius 1 is 0.944 bits per heavy atom. The van der Waals surface area contributed by atoms with Crippen LogP contribution in [0, 0.1) is 0 Å². The van der Waals surface area contributed by atoms with Gasteiger partial charge in [-0.2, -0.15) is 4.98 Å². The monoisotopic (exact) mass is 481 g/mol. The second-order valence-electron chi connectivity index (χ2n) is 8.43. The third-order valence-electron chi connectivity index (χ3n) is 6.17. The van der Waals surface area contributed by atoms with Gasteiger partial charge in [-0.3, -0.25) is 10.1 Å². The summed E-state index contributed by atoms with van der Waals surface area (Å²) in [6.07, 6.45) is 3.97. The largest absolute Gasteiger partial charge is 0.497 e. The van der Waals surface area contributed by atoms with Gasteiger partial charge in [0.1, 0.15) is 11.5 Å². The number of amides is 1. The Kier molecular flexibility index (Phi) is 6.66. The van der Waals surface area contributed by atoms with Crippen LogP contribution in [0.5, 0.6) is 11.5 Å². The molecule has 1 amide bonds. The molecule has 0 saturated carbocycles. The smallest absolute Gasteiger partial charge is 0.250 e. The molecule has 0 saturated heterocycles. The number of aromatic nitrogens is 3. The summed E-state index contributed by atoms with van der Waals surface area (Å²) < 4.78 is 12.3. The van der Waals surface area contributed by atoms with E-state index in [1.165, 1.54) is 6.08 Å². The molecule has 0 unspecified atom stereocenters. The Labute approximate surface area is 209 Å². The molecule has 8 heteroatoms. The Hall–Kier alpha value is -4.59. The number of carbonyl (C=O) groups excluding carboxylic acids is 1. The predicted octanol–water partition coefficient (Wildman–Crippen LogP) is 5.09. The number of hydrogen-bond acceptors (Lipinski definition) is 6. The van der Waals surface area contributed by atoms with E-state index in [1.54, 1.807) is 20.3 Å². The molecule has 36 heavy (non-hydrogen) atoms. The first kappa shape index (κ1) is 23.2. The maximum absolute atomic E-state index is 12.6. The molecule has 0 radical (unpaired) electrons. The van der Waals surface area contributed by atoms with Gasteiger partial charge in [0.15, 0.2) is 0 Å². The van der Waals surface area contributed by atoms with E-state index >= 15 is 0 Å². The standard InChI is InChI=1S/C28H27N5O3/c1-35-22-13-8-19(9-14-22)10-17-26(34)30-27-31-28-29-24(20-11-15-23(36-2)16-12-20)18-25(33(28)32-27)21-6-4-3-5-7-21/h3-17,24-25H,18H2,1-2H3,(H2,29,30,31,32,34)/b17-10+/t24-,25+/m1/s1. The summed E-state index contributed by atoms with van der Waals surface area (Å²) in [5, 5.41) is 10.9. The van der Waals surface area contributed by atoms with Crippen molar-refractivity contribution in [2.75, 3.05) is 24.9 Å². The zero-order chi connectivity index (χ0) is 24.9. The van der Waals surface area contributed by atoms with E-state index in [4.69, 9.17) is 9.47 Å². The van der Waals surface area contributed by atoms with E-state index < -0.39 is 0 Å². The fraction of sp³-hybridized carbons (Fsp3) is 0.179. The molecule has 8 nitrogen and oxygen atoms in total. The van der Waals surface area contributed by atoms with Gasteiger partial charge in [-0.25, -0.2) is 4.68 Å². The highest BCUT2D eigenvalue weighted by Gasteiger charge is 2.31. The molecular weight excluding hydrogens is 454 g/mol. The summed E-state index contributed by atoms with van der Waals surface area (Å²) >= 11 is 0. The van der Waals surface area contributed by atoms with E-state index in [0.717, 1.165) is 34.6 Å². The number of hydrogen-bond donors (Lipinski definition) is 2. The molecule has 5 rings (SSSR count). The number of carbonyl (C=O) groups is 1. The third-order valence-corrected chi connectivity index (χ3v) is 6.17. The summed E-state index contributed by atoms with van der Waals surface area (Å²) in [5.74, 6) is 2.11. The van der Waals surface area contributed by atoms with Gasteiger partial charge in [-0.05, 0) is 53.5 Å². The number of rotatable bonds is 7. The molecule has 0 bridgehead atoms. The second-order valence-corrected chi connectivity index (χ2v) is 8.43. The van der Waals surface area contributed by atoms with Gasteiger partial charge in [-0.1, -0.05) is 54.6 Å². The molecule has 182 valence electrons. The maximum atomic E-state index is 12.6. The minimum Gasteiger partial charge on any atom is -0.497 e. The van der Waals surface area contributed by atoms with Crippen LogP contribution in [0.1, 0.15) is 35.2 Å². The lowest BCUT2D eigenvalue weighted by Gasteiger charge is -2.31. The molecule has 0 aliphatic carbocycles. The first-order valence-electron chi connectivity index (χ1n) is 11.7. The van der Waals surface area contributed by atoms with Crippen LogP contribution in [0.15, 0.2) is 84.9 Å². The maximum Gasteiger partial charge on any atom is 0.250 e. The molecule has 3 aromatic carbocycles. The lowest BCUT2D eigenvalue weighted by Crippen LogP contribution is -2.28. The quantitative estimate of drug-likeness (QED) is 0.357. The topological polar surface area (TPSA) is 90.3 Å². The van der Waals surface area contributed by atoms with Gasteiger partial charge in [0.2, 0.25) is 5.95 Å². The number of ether oxygens (including phenoxy) is 2. The Balaban J connectivity index is 1.37. The molecule has 2 heterocycles. The molecule has 1 aromatic heterocycles. The highest BCUT2D eigenvalue weighted by molar-refractivity contribution is 6.00. The minimum absolute atomic E-state index is 0.0244. The minimum atomic E-state index is -0.309. The summed E-state index contributed by atoms with van der Waals surface area (Å²) in [6, 6.07) is 25.6. The van der Waals surface area contributed by atoms with Gasteiger partial charge in [0.25, 0.3) is 11.9 Å². The normalized spacial score (nSPS) is 16.7. The summed E-state index contributed by atoms with van der Waals surface area (Å²) in [7, 11) is 3.27. The second kappa shape index (κ2) is 10.4. The molecule has 1 aliphatic rings. The molecule has 2 atom stereocenters. The summed E-state index contributed by atoms with van der Waals surface area (Å²) in [6.45, 7) is 0. The van der Waals surface area contributed by atoms with Gasteiger partial charge in [-0.15, -0.1) is 5.10 Å². The van der Waals surface area contributed by atoms with Gasteiger partial charge < -0.3 is 14.8 Å². The van der Waals surface area contributed by atoms with Crippen molar-refractivity contribution in [3.8, 4) is 11.5 Å². The molecular formula is C28H27N5O3. The van der Waals surface area contributed by atoms with Crippen LogP contribution in [-0.2, 0) is 4.79 Å². The average molecular weight is 482 g/mol. The van der Waals surface area contributed by atoms with Crippen LogP contribution in [0.4, 0.5) is 11.9 Å². The van der Waals surface area contributed by atoms with Crippen LogP contribution in [-0.4, -0.2) is 34.9 Å². The first-order valence-corrected chi connectivity index (χ1v) is 11.7. The van der Waals surface area contributed by atoms with Crippen molar-refractivity contribution in [1.29, 1.82) is 0 Å². The predicted molar refractivity (Wildman–Crippen MR) is 139 cm³/mol. The lowest BCUT2D eigenvalue weighted by atomic mass is 9.93. The summed E-state index contributed by atoms with van der Waals surface area (Å²) in [4.78, 5) is 17.2. The zero-order valence-electron chi connectivity index (χ0n) is 20.1. The van der Waals surface area contributed by atoms with Crippen molar-refractivity contribution in [2.24, 2.45) is 0 Å². The van der Waals surface area contributed by atoms with Crippen molar-refractivity contribution >= 4 is 23.9 Å². The fourth-order valence-corrected chi connectivity index (χ4v) is 4.28. The van der Waals surface area contributed by atoms with Crippen molar-refractivity contribution in [3.05, 3.63) is 102 Å². The Morgan fingerprint density at radius 3 is 2.28 bits per heavy atom. The van der Waals surface area contributed by atoms with Crippen molar-refractivity contribution < 1.29 is 14.3 Å². The average Bonchev–Trinajstić information content (AvgIpc) is 3.34. The number of benzene rings is 3. The van der Waals surface area contributed by atoms with E-state index in [0.29, 0.717) is 5.95 Å². The molecule has 0 spiro atoms. The number of anilines is 2. The van der Waals surface area contributed by atoms with Gasteiger partial charge in [0.05, 0.1) is 26.3 Å². The van der Waals surface area contributed by atoms with Gasteiger partial charge >= 0.3 is 0 Å². The van der Waals surface area contributed by atoms with Gasteiger partial charge in [0, 0.05) is 6.08 Å². The van der Waals surface area contributed by atoms with Crippen molar-refractivity contribution in [2.45, 2.75) is 18.5 Å². The van der Waals surface area contributed by atoms with Crippen LogP contribution in [0.3, 0.4) is 0 Å². The van der Waals surface area contributed by atoms with Crippen molar-refractivity contribution in [1.82, 2.24) is 14.8 Å². The van der Waals surface area contributed by atoms with E-state index in [9.17, 15) is 4.79 Å². The highest BCUT2D eigenvalue weighted by atomic mass is 16.5. The molecule has 2 N–H and O–H groups in total. The zero-order valence-corrected chi connectivity index (χ0v) is 20.1. The van der Waals surface area contributed by atoms with Crippen LogP contribution >= 0.6 is 0 Å². The Morgan fingerprint density at radius 2 is 1.61 bits per heavy atom. The molecule has 1 aliphatic heterocycles. The summed E-state index contributed by atoms with van der Waals surface area (Å²) in [5.41, 5.74) is 3.14. The van der Waals surface area contributed by atoms with E-state index in [-0.39, 0.29) is 23.9 Å². The van der Waals surface area contributed by atoms with Crippen LogP contribution in [0.2, 0.25) is 0 Å². The SMILES string of the molecule is COc1ccc(/C=C/C(=O)Nc2nc3n(n2)[C@H](c2ccccc2)C[C@H](c2ccc(OC)cc2)N3)cc1. The number of fused-ring (bicyclic) bond motifs is 1. The lowest BCUT2D eigenvalue weighted by molar-refractivity contribution is -0.111. The van der Waals surface area contributed by atoms with Crippen molar-refractivity contribution in [3.63, 3.8) is 0 Å². The van der Waals surface area contributed by atoms with Crippen LogP contribution < -0.4 is 20.1 Å². The highest BCUT2D eigenvalue weighted by Crippen LogP contribution is 2.38. The first-order chi connectivity index (χ1) is 17.6. The van der Waals surface area contributed by atoms with Crippen LogP contribution in [0.25, 0.3) is 6.08 Å². The fourth-order valence-electron chi connectivity index (χ4n) is 4.28. The number of nitrogens with one attached hydrogen (secondary N) is 2. The van der Waals surface area contributed by atoms with E-state index in [1.807, 2.05) is 59.3 Å². The number of nitrogens with zero attached hydrogens (tertiary/aromatic N) is 3. The third kappa shape index (κ3) is 5.07. The van der Waals surface area contributed by atoms with E-state index in [2.05, 4.69) is 45.0 Å². The Bertz CT molecular complexity index is 1350. The number of methoxy groups -OCH3 is 2. The molecule has 0 fully saturated rings. The molecule has 4 aromatic rings.